The Hall–Kier alpha value is -3.36. The van der Waals surface area contributed by atoms with Crippen molar-refractivity contribution in [2.75, 3.05) is 6.79 Å². The first-order valence-electron chi connectivity index (χ1n) is 9.60. The minimum Gasteiger partial charge on any atom is -0.507 e. The molecule has 1 N–H and O–H groups in total. The Morgan fingerprint density at radius 3 is 2.72 bits per heavy atom. The van der Waals surface area contributed by atoms with Gasteiger partial charge in [-0.25, -0.2) is 4.39 Å². The van der Waals surface area contributed by atoms with Crippen LogP contribution in [0.4, 0.5) is 4.39 Å². The topological polar surface area (TPSA) is 76.1 Å². The number of hydrogen-bond acceptors (Lipinski definition) is 6. The van der Waals surface area contributed by atoms with Crippen molar-refractivity contribution in [2.24, 2.45) is 0 Å². The van der Waals surface area contributed by atoms with E-state index in [4.69, 9.17) is 21.1 Å². The number of halogens is 2. The second-order valence-corrected chi connectivity index (χ2v) is 8.65. The number of Topliss-reactive ketones (excluding diaryl/α,β-unsaturated/α-hetero) is 1. The molecule has 162 valence electrons. The second kappa shape index (κ2) is 7.96. The Morgan fingerprint density at radius 2 is 1.97 bits per heavy atom. The lowest BCUT2D eigenvalue weighted by molar-refractivity contribution is -0.140. The molecular formula is C23H15ClFNO5S. The number of aliphatic hydroxyl groups is 1. The number of nitrogens with zero attached hydrogens (tertiary/aromatic N) is 1. The van der Waals surface area contributed by atoms with Gasteiger partial charge in [-0.3, -0.25) is 9.59 Å². The van der Waals surface area contributed by atoms with Gasteiger partial charge in [-0.1, -0.05) is 23.7 Å². The third-order valence-electron chi connectivity index (χ3n) is 5.37. The van der Waals surface area contributed by atoms with E-state index < -0.39 is 29.3 Å². The zero-order chi connectivity index (χ0) is 22.4. The molecule has 1 amide bonds. The summed E-state index contributed by atoms with van der Waals surface area (Å²) < 4.78 is 25.6. The summed E-state index contributed by atoms with van der Waals surface area (Å²) in [7, 11) is 0. The predicted molar refractivity (Wildman–Crippen MR) is 116 cm³/mol. The van der Waals surface area contributed by atoms with Crippen LogP contribution in [-0.2, 0) is 16.1 Å². The Morgan fingerprint density at radius 1 is 1.16 bits per heavy atom. The highest BCUT2D eigenvalue weighted by Crippen LogP contribution is 2.44. The summed E-state index contributed by atoms with van der Waals surface area (Å²) in [5, 5.41) is 13.0. The fourth-order valence-corrected chi connectivity index (χ4v) is 4.85. The number of ether oxygens (including phenoxy) is 2. The largest absolute Gasteiger partial charge is 0.507 e. The van der Waals surface area contributed by atoms with Crippen molar-refractivity contribution in [1.82, 2.24) is 4.90 Å². The molecule has 0 bridgehead atoms. The molecular weight excluding hydrogens is 457 g/mol. The van der Waals surface area contributed by atoms with Gasteiger partial charge in [-0.05, 0) is 41.8 Å². The van der Waals surface area contributed by atoms with Gasteiger partial charge in [0.1, 0.15) is 11.6 Å². The van der Waals surface area contributed by atoms with Crippen LogP contribution in [0.2, 0.25) is 5.02 Å². The summed E-state index contributed by atoms with van der Waals surface area (Å²) in [6.07, 6.45) is 0. The quantitative estimate of drug-likeness (QED) is 0.333. The number of ketones is 1. The highest BCUT2D eigenvalue weighted by atomic mass is 35.5. The zero-order valence-electron chi connectivity index (χ0n) is 16.4. The minimum atomic E-state index is -1.20. The zero-order valence-corrected chi connectivity index (χ0v) is 18.0. The van der Waals surface area contributed by atoms with Gasteiger partial charge in [0.15, 0.2) is 11.5 Å². The van der Waals surface area contributed by atoms with Crippen LogP contribution in [0, 0.1) is 5.82 Å². The monoisotopic (exact) mass is 471 g/mol. The van der Waals surface area contributed by atoms with Crippen LogP contribution >= 0.6 is 22.9 Å². The van der Waals surface area contributed by atoms with Crippen LogP contribution in [0.25, 0.3) is 5.76 Å². The number of hydrogen-bond donors (Lipinski definition) is 1. The van der Waals surface area contributed by atoms with Crippen LogP contribution < -0.4 is 9.47 Å². The van der Waals surface area contributed by atoms with Crippen molar-refractivity contribution in [2.45, 2.75) is 12.6 Å². The van der Waals surface area contributed by atoms with Gasteiger partial charge in [-0.2, -0.15) is 0 Å². The molecule has 0 saturated carbocycles. The summed E-state index contributed by atoms with van der Waals surface area (Å²) in [4.78, 5) is 28.1. The molecule has 5 rings (SSSR count). The molecule has 0 aliphatic carbocycles. The van der Waals surface area contributed by atoms with Crippen LogP contribution in [0.1, 0.15) is 22.0 Å². The molecule has 9 heteroatoms. The molecule has 1 aromatic heterocycles. The molecule has 3 aromatic rings. The smallest absolute Gasteiger partial charge is 0.295 e. The molecule has 6 nitrogen and oxygen atoms in total. The van der Waals surface area contributed by atoms with E-state index in [0.717, 1.165) is 4.88 Å². The number of carbonyl (C=O) groups is 2. The number of likely N-dealkylation sites (tertiary alicyclic amines) is 1. The summed E-state index contributed by atoms with van der Waals surface area (Å²) >= 11 is 7.71. The minimum absolute atomic E-state index is 0.0373. The van der Waals surface area contributed by atoms with Crippen molar-refractivity contribution in [3.8, 4) is 11.5 Å². The summed E-state index contributed by atoms with van der Waals surface area (Å²) in [6.45, 7) is 0.102. The predicted octanol–water partition coefficient (Wildman–Crippen LogP) is 4.89. The van der Waals surface area contributed by atoms with Crippen molar-refractivity contribution >= 4 is 40.4 Å². The normalized spacial score (nSPS) is 19.1. The van der Waals surface area contributed by atoms with Crippen molar-refractivity contribution < 1.29 is 28.6 Å². The maximum Gasteiger partial charge on any atom is 0.295 e. The van der Waals surface area contributed by atoms with Crippen molar-refractivity contribution in [1.29, 1.82) is 0 Å². The first kappa shape index (κ1) is 20.5. The number of carbonyl (C=O) groups excluding carboxylic acids is 2. The molecule has 0 radical (unpaired) electrons. The van der Waals surface area contributed by atoms with E-state index in [1.165, 1.54) is 46.6 Å². The lowest BCUT2D eigenvalue weighted by Crippen LogP contribution is -2.29. The van der Waals surface area contributed by atoms with Crippen LogP contribution in [-0.4, -0.2) is 28.5 Å². The lowest BCUT2D eigenvalue weighted by Gasteiger charge is -2.26. The molecule has 1 atom stereocenters. The van der Waals surface area contributed by atoms with E-state index in [9.17, 15) is 19.1 Å². The van der Waals surface area contributed by atoms with Gasteiger partial charge < -0.3 is 19.5 Å². The Labute approximate surface area is 191 Å². The van der Waals surface area contributed by atoms with E-state index in [0.29, 0.717) is 11.5 Å². The van der Waals surface area contributed by atoms with Crippen LogP contribution in [0.15, 0.2) is 59.5 Å². The maximum absolute atomic E-state index is 15.0. The number of rotatable bonds is 4. The first-order valence-corrected chi connectivity index (χ1v) is 10.9. The molecule has 1 unspecified atom stereocenters. The standard InChI is InChI=1S/C23H15ClFNO5S/c24-14-4-1-5-15(25)18(14)20-19(21(27)12-6-7-16-17(9-12)31-11-30-16)22(28)23(29)26(20)10-13-3-2-8-32-13/h1-9,20,27H,10-11H2/b21-19+. The Kier molecular flexibility index (Phi) is 5.11. The van der Waals surface area contributed by atoms with Crippen LogP contribution in [0.5, 0.6) is 11.5 Å². The Bertz CT molecular complexity index is 1250. The third kappa shape index (κ3) is 3.32. The van der Waals surface area contributed by atoms with E-state index in [-0.39, 0.29) is 35.1 Å². The Balaban J connectivity index is 1.69. The highest BCUT2D eigenvalue weighted by molar-refractivity contribution is 7.09. The van der Waals surface area contributed by atoms with E-state index in [1.807, 2.05) is 17.5 Å². The molecule has 32 heavy (non-hydrogen) atoms. The third-order valence-corrected chi connectivity index (χ3v) is 6.56. The molecule has 0 spiro atoms. The lowest BCUT2D eigenvalue weighted by atomic mass is 9.94. The van der Waals surface area contributed by atoms with Crippen LogP contribution in [0.3, 0.4) is 0 Å². The van der Waals surface area contributed by atoms with Gasteiger partial charge in [-0.15, -0.1) is 11.3 Å². The fraction of sp³-hybridized carbons (Fsp3) is 0.130. The average molecular weight is 472 g/mol. The van der Waals surface area contributed by atoms with Crippen molar-refractivity contribution in [3.63, 3.8) is 0 Å². The van der Waals surface area contributed by atoms with Gasteiger partial charge in [0.05, 0.1) is 18.2 Å². The number of fused-ring (bicyclic) bond motifs is 1. The maximum atomic E-state index is 15.0. The molecule has 3 heterocycles. The SMILES string of the molecule is O=C1C(=O)N(Cc2cccs2)C(c2c(F)cccc2Cl)/C1=C(\O)c1ccc2c(c1)OCO2. The second-order valence-electron chi connectivity index (χ2n) is 7.21. The van der Waals surface area contributed by atoms with E-state index >= 15 is 0 Å². The summed E-state index contributed by atoms with van der Waals surface area (Å²) in [5.74, 6) is -2.00. The van der Waals surface area contributed by atoms with Gasteiger partial charge in [0, 0.05) is 21.0 Å². The van der Waals surface area contributed by atoms with Gasteiger partial charge in [0.2, 0.25) is 6.79 Å². The number of benzene rings is 2. The molecule has 2 aliphatic rings. The molecule has 1 saturated heterocycles. The molecule has 2 aliphatic heterocycles. The van der Waals surface area contributed by atoms with Gasteiger partial charge in [0.25, 0.3) is 11.7 Å². The fourth-order valence-electron chi connectivity index (χ4n) is 3.88. The molecule has 1 fully saturated rings. The van der Waals surface area contributed by atoms with Crippen molar-refractivity contribution in [3.05, 3.63) is 86.3 Å². The van der Waals surface area contributed by atoms with Gasteiger partial charge >= 0.3 is 0 Å². The number of thiophene rings is 1. The first-order chi connectivity index (χ1) is 15.5. The summed E-state index contributed by atoms with van der Waals surface area (Å²) in [6, 6.07) is 11.2. The van der Waals surface area contributed by atoms with E-state index in [2.05, 4.69) is 0 Å². The number of amides is 1. The molecule has 2 aromatic carbocycles. The number of aliphatic hydroxyl groups excluding tert-OH is 1. The highest BCUT2D eigenvalue weighted by Gasteiger charge is 2.48. The average Bonchev–Trinajstić information content (AvgIpc) is 3.51. The van der Waals surface area contributed by atoms with E-state index in [1.54, 1.807) is 6.07 Å². The summed E-state index contributed by atoms with van der Waals surface area (Å²) in [5.41, 5.74) is -0.0505.